The van der Waals surface area contributed by atoms with Gasteiger partial charge in [0.25, 0.3) is 0 Å². The zero-order valence-corrected chi connectivity index (χ0v) is 40.3. The van der Waals surface area contributed by atoms with E-state index in [1.54, 1.807) is 11.8 Å². The monoisotopic (exact) mass is 933 g/mol. The second kappa shape index (κ2) is 26.0. The van der Waals surface area contributed by atoms with E-state index < -0.39 is 4.75 Å². The van der Waals surface area contributed by atoms with Crippen molar-refractivity contribution in [2.24, 2.45) is 5.41 Å². The summed E-state index contributed by atoms with van der Waals surface area (Å²) in [5, 5.41) is 8.27. The predicted octanol–water partition coefficient (Wildman–Crippen LogP) is 9.68. The number of hydrogen-bond acceptors (Lipinski definition) is 10. The van der Waals surface area contributed by atoms with Crippen molar-refractivity contribution in [3.63, 3.8) is 0 Å². The fraction of sp³-hybridized carbons (Fsp3) is 0.339. The van der Waals surface area contributed by atoms with E-state index in [2.05, 4.69) is 149 Å². The van der Waals surface area contributed by atoms with Crippen LogP contribution in [0.1, 0.15) is 75.5 Å². The Morgan fingerprint density at radius 2 is 1.18 bits per heavy atom. The van der Waals surface area contributed by atoms with Gasteiger partial charge in [0.1, 0.15) is 0 Å². The van der Waals surface area contributed by atoms with Gasteiger partial charge in [0, 0.05) is 50.9 Å². The van der Waals surface area contributed by atoms with Crippen molar-refractivity contribution in [3.8, 4) is 28.3 Å². The molecule has 1 unspecified atom stereocenters. The Balaban J connectivity index is 0.743. The molecular formula is C56H67N7O4S. The van der Waals surface area contributed by atoms with Crippen molar-refractivity contribution >= 4 is 23.6 Å². The van der Waals surface area contributed by atoms with Gasteiger partial charge in [-0.2, -0.15) is 11.1 Å². The molecule has 356 valence electrons. The standard InChI is InChI=1S/C56H67N7O4S/c1-55(2,34-18-19-40-67-53-42-46(44-23-8-3-9-24-44)41-50(59-53)45-25-10-4-11-26-45)54-60-61-62-63(54)37-20-33-51(64)57-35-21-38-66-39-22-36-58-52(65)43-68-56(47-27-12-5-13-28-47,48-29-14-6-15-30-48)49-31-16-7-17-32-49/h3-17,23-32,41-42,54,60-62H,18-22,33-40,43H2,1-2H3,(H,57,64)(H,58,65). The number of pyridine rings is 1. The number of rotatable bonds is 27. The van der Waals surface area contributed by atoms with E-state index in [0.717, 1.165) is 71.2 Å². The Hall–Kier alpha value is -5.86. The predicted molar refractivity (Wildman–Crippen MR) is 275 cm³/mol. The van der Waals surface area contributed by atoms with Crippen LogP contribution in [-0.2, 0) is 19.1 Å². The molecule has 0 spiro atoms. The number of nitrogens with zero attached hydrogens (tertiary/aromatic N) is 2. The van der Waals surface area contributed by atoms with E-state index in [9.17, 15) is 9.59 Å². The Morgan fingerprint density at radius 1 is 0.632 bits per heavy atom. The molecule has 0 radical (unpaired) electrons. The summed E-state index contributed by atoms with van der Waals surface area (Å²) < 4.78 is 11.6. The average molecular weight is 934 g/mol. The molecule has 2 amide bonds. The number of thioether (sulfide) groups is 1. The van der Waals surface area contributed by atoms with Crippen LogP contribution >= 0.6 is 11.8 Å². The summed E-state index contributed by atoms with van der Waals surface area (Å²) in [6.45, 7) is 8.01. The summed E-state index contributed by atoms with van der Waals surface area (Å²) in [6, 6.07) is 55.9. The molecule has 6 aromatic rings. The maximum atomic E-state index is 13.2. The van der Waals surface area contributed by atoms with Gasteiger partial charge in [-0.3, -0.25) is 9.59 Å². The first-order valence-electron chi connectivity index (χ1n) is 24.0. The number of ether oxygens (including phenoxy) is 2. The van der Waals surface area contributed by atoms with Crippen LogP contribution < -0.4 is 31.9 Å². The molecule has 1 atom stereocenters. The molecule has 0 saturated carbocycles. The average Bonchev–Trinajstić information content (AvgIpc) is 3.87. The lowest BCUT2D eigenvalue weighted by molar-refractivity contribution is -0.121. The molecule has 1 fully saturated rings. The largest absolute Gasteiger partial charge is 0.478 e. The van der Waals surface area contributed by atoms with Crippen molar-refractivity contribution in [2.75, 3.05) is 45.2 Å². The van der Waals surface area contributed by atoms with Crippen LogP contribution in [0.25, 0.3) is 22.4 Å². The molecule has 1 aliphatic rings. The van der Waals surface area contributed by atoms with E-state index in [-0.39, 0.29) is 23.4 Å². The number of carbonyl (C=O) groups is 2. The fourth-order valence-corrected chi connectivity index (χ4v) is 10.0. The third kappa shape index (κ3) is 14.3. The summed E-state index contributed by atoms with van der Waals surface area (Å²) in [7, 11) is 0. The molecule has 1 aromatic heterocycles. The zero-order chi connectivity index (χ0) is 47.3. The fourth-order valence-electron chi connectivity index (χ4n) is 8.64. The SMILES string of the molecule is CC(C)(CCCCOc1cc(-c2ccccc2)cc(-c2ccccc2)n1)C1NNNN1CCCC(=O)NCCCOCCCNC(=O)CSC(c1ccccc1)(c1ccccc1)c1ccccc1. The Bertz CT molecular complexity index is 2260. The molecule has 1 aliphatic heterocycles. The van der Waals surface area contributed by atoms with Crippen molar-refractivity contribution in [1.82, 2.24) is 37.1 Å². The number of benzene rings is 5. The Labute approximate surface area is 407 Å². The lowest BCUT2D eigenvalue weighted by atomic mass is 9.83. The minimum atomic E-state index is -0.538. The normalized spacial score (nSPS) is 14.1. The van der Waals surface area contributed by atoms with Crippen LogP contribution in [0.4, 0.5) is 0 Å². The molecule has 0 bridgehead atoms. The van der Waals surface area contributed by atoms with Gasteiger partial charge in [0.15, 0.2) is 0 Å². The first-order valence-corrected chi connectivity index (χ1v) is 25.0. The van der Waals surface area contributed by atoms with Gasteiger partial charge < -0.3 is 20.1 Å². The molecule has 11 nitrogen and oxygen atoms in total. The number of aromatic nitrogens is 1. The number of carbonyl (C=O) groups excluding carboxylic acids is 2. The molecule has 2 heterocycles. The number of hydrogen-bond donors (Lipinski definition) is 5. The van der Waals surface area contributed by atoms with Crippen molar-refractivity contribution in [1.29, 1.82) is 0 Å². The summed E-state index contributed by atoms with van der Waals surface area (Å²) in [6.07, 6.45) is 5.52. The first kappa shape index (κ1) is 50.0. The smallest absolute Gasteiger partial charge is 0.230 e. The summed E-state index contributed by atoms with van der Waals surface area (Å²) >= 11 is 1.64. The number of nitrogens with one attached hydrogen (secondary N) is 5. The molecule has 0 aliphatic carbocycles. The quantitative estimate of drug-likeness (QED) is 0.0252. The number of unbranched alkanes of at least 4 members (excludes halogenated alkanes) is 1. The number of amides is 2. The maximum absolute atomic E-state index is 13.2. The minimum Gasteiger partial charge on any atom is -0.478 e. The molecule has 68 heavy (non-hydrogen) atoms. The van der Waals surface area contributed by atoms with E-state index >= 15 is 0 Å². The third-order valence-corrected chi connectivity index (χ3v) is 13.8. The van der Waals surface area contributed by atoms with Gasteiger partial charge >= 0.3 is 0 Å². The number of hydrazine groups is 3. The molecule has 1 saturated heterocycles. The van der Waals surface area contributed by atoms with Crippen LogP contribution in [-0.4, -0.2) is 73.2 Å². The van der Waals surface area contributed by atoms with E-state index in [1.165, 1.54) is 0 Å². The van der Waals surface area contributed by atoms with Gasteiger partial charge in [-0.25, -0.2) is 15.4 Å². The highest BCUT2D eigenvalue weighted by molar-refractivity contribution is 8.01. The van der Waals surface area contributed by atoms with Crippen molar-refractivity contribution < 1.29 is 19.1 Å². The van der Waals surface area contributed by atoms with Crippen LogP contribution in [0.2, 0.25) is 0 Å². The lowest BCUT2D eigenvalue weighted by Crippen LogP contribution is -2.49. The molecule has 5 N–H and O–H groups in total. The van der Waals surface area contributed by atoms with Crippen LogP contribution in [0.15, 0.2) is 164 Å². The highest BCUT2D eigenvalue weighted by Gasteiger charge is 2.38. The van der Waals surface area contributed by atoms with Crippen molar-refractivity contribution in [3.05, 3.63) is 180 Å². The van der Waals surface area contributed by atoms with Gasteiger partial charge in [-0.15, -0.1) is 11.8 Å². The summed E-state index contributed by atoms with van der Waals surface area (Å²) in [4.78, 5) is 30.7. The molecule has 5 aromatic carbocycles. The first-order chi connectivity index (χ1) is 33.3. The van der Waals surface area contributed by atoms with Crippen molar-refractivity contribution in [2.45, 2.75) is 69.7 Å². The Kier molecular flexibility index (Phi) is 19.2. The van der Waals surface area contributed by atoms with Gasteiger partial charge in [-0.05, 0) is 77.8 Å². The third-order valence-electron chi connectivity index (χ3n) is 12.2. The van der Waals surface area contributed by atoms with E-state index in [0.29, 0.717) is 63.9 Å². The molecule has 7 rings (SSSR count). The van der Waals surface area contributed by atoms with Gasteiger partial charge in [-0.1, -0.05) is 166 Å². The second-order valence-electron chi connectivity index (χ2n) is 17.8. The van der Waals surface area contributed by atoms with Gasteiger partial charge in [0.05, 0.1) is 29.0 Å². The van der Waals surface area contributed by atoms with E-state index in [4.69, 9.17) is 14.5 Å². The Morgan fingerprint density at radius 3 is 1.76 bits per heavy atom. The lowest BCUT2D eigenvalue weighted by Gasteiger charge is -2.36. The second-order valence-corrected chi connectivity index (χ2v) is 19.0. The highest BCUT2D eigenvalue weighted by atomic mass is 32.2. The van der Waals surface area contributed by atoms with Crippen LogP contribution in [0.5, 0.6) is 5.88 Å². The highest BCUT2D eigenvalue weighted by Crippen LogP contribution is 2.48. The summed E-state index contributed by atoms with van der Waals surface area (Å²) in [5.74, 6) is 0.970. The van der Waals surface area contributed by atoms with Crippen LogP contribution in [0, 0.1) is 5.41 Å². The topological polar surface area (TPSA) is 129 Å². The maximum Gasteiger partial charge on any atom is 0.230 e. The van der Waals surface area contributed by atoms with E-state index in [1.807, 2.05) is 60.7 Å². The molecular weight excluding hydrogens is 867 g/mol. The van der Waals surface area contributed by atoms with Crippen LogP contribution in [0.3, 0.4) is 0 Å². The zero-order valence-electron chi connectivity index (χ0n) is 39.5. The molecule has 12 heteroatoms. The summed E-state index contributed by atoms with van der Waals surface area (Å²) in [5.41, 5.74) is 17.2. The van der Waals surface area contributed by atoms with Gasteiger partial charge in [0.2, 0.25) is 17.7 Å². The minimum absolute atomic E-state index is 0.00699.